The smallest absolute Gasteiger partial charge is 0.255 e. The highest BCUT2D eigenvalue weighted by Gasteiger charge is 2.25. The normalized spacial score (nSPS) is 15.3. The molecule has 0 aromatic heterocycles. The van der Waals surface area contributed by atoms with Gasteiger partial charge in [-0.2, -0.15) is 0 Å². The van der Waals surface area contributed by atoms with E-state index in [0.717, 1.165) is 9.13 Å². The Labute approximate surface area is 132 Å². The van der Waals surface area contributed by atoms with Crippen LogP contribution in [0.4, 0.5) is 0 Å². The second kappa shape index (κ2) is 7.03. The number of ether oxygens (including phenoxy) is 1. The number of benzene rings is 1. The van der Waals surface area contributed by atoms with Gasteiger partial charge in [0, 0.05) is 36.9 Å². The number of nitrogens with zero attached hydrogens (tertiary/aromatic N) is 2. The first-order valence-corrected chi connectivity index (χ1v) is 7.52. The first-order valence-electron chi connectivity index (χ1n) is 6.44. The Bertz CT molecular complexity index is 499. The van der Waals surface area contributed by atoms with Crippen molar-refractivity contribution in [2.24, 2.45) is 0 Å². The van der Waals surface area contributed by atoms with E-state index in [2.05, 4.69) is 22.6 Å². The highest BCUT2D eigenvalue weighted by Crippen LogP contribution is 2.15. The number of hydrogen-bond donors (Lipinski definition) is 0. The van der Waals surface area contributed by atoms with Gasteiger partial charge in [-0.1, -0.05) is 12.1 Å². The zero-order valence-corrected chi connectivity index (χ0v) is 13.5. The van der Waals surface area contributed by atoms with Crippen molar-refractivity contribution in [1.29, 1.82) is 0 Å². The minimum Gasteiger partial charge on any atom is -0.375 e. The minimum absolute atomic E-state index is 0.0195. The predicted octanol–water partition coefficient (Wildman–Crippen LogP) is 1.22. The number of carbonyl (C=O) groups is 2. The first kappa shape index (κ1) is 15.2. The third-order valence-corrected chi connectivity index (χ3v) is 4.23. The molecule has 1 aromatic carbocycles. The Kier molecular flexibility index (Phi) is 5.36. The molecule has 6 heteroatoms. The molecule has 1 aliphatic heterocycles. The number of piperazine rings is 1. The lowest BCUT2D eigenvalue weighted by molar-refractivity contribution is -0.136. The van der Waals surface area contributed by atoms with Gasteiger partial charge in [-0.05, 0) is 34.7 Å². The second-order valence-corrected chi connectivity index (χ2v) is 5.75. The molecule has 20 heavy (non-hydrogen) atoms. The van der Waals surface area contributed by atoms with Gasteiger partial charge in [0.15, 0.2) is 0 Å². The standard InChI is InChI=1S/C14H17IN2O3/c1-20-10-13(18)16-6-8-17(9-7-16)14(19)11-4-2-3-5-12(11)15/h2-5H,6-10H2,1H3. The number of amides is 2. The van der Waals surface area contributed by atoms with Crippen LogP contribution in [0, 0.1) is 3.57 Å². The minimum atomic E-state index is -0.0195. The fourth-order valence-electron chi connectivity index (χ4n) is 2.18. The van der Waals surface area contributed by atoms with E-state index in [9.17, 15) is 9.59 Å². The molecule has 0 spiro atoms. The molecule has 0 radical (unpaired) electrons. The van der Waals surface area contributed by atoms with E-state index in [1.807, 2.05) is 24.3 Å². The van der Waals surface area contributed by atoms with Gasteiger partial charge in [0.25, 0.3) is 5.91 Å². The Morgan fingerprint density at radius 1 is 1.15 bits per heavy atom. The molecule has 1 fully saturated rings. The van der Waals surface area contributed by atoms with E-state index in [1.54, 1.807) is 9.80 Å². The Morgan fingerprint density at radius 3 is 2.35 bits per heavy atom. The molecule has 1 aromatic rings. The van der Waals surface area contributed by atoms with Crippen LogP contribution in [0.2, 0.25) is 0 Å². The molecule has 1 heterocycles. The van der Waals surface area contributed by atoms with Crippen LogP contribution in [-0.4, -0.2) is 61.5 Å². The maximum Gasteiger partial charge on any atom is 0.255 e. The van der Waals surface area contributed by atoms with Crippen molar-refractivity contribution in [3.05, 3.63) is 33.4 Å². The summed E-state index contributed by atoms with van der Waals surface area (Å²) in [5.41, 5.74) is 0.727. The summed E-state index contributed by atoms with van der Waals surface area (Å²) in [6.07, 6.45) is 0. The fraction of sp³-hybridized carbons (Fsp3) is 0.429. The Balaban J connectivity index is 1.96. The first-order chi connectivity index (χ1) is 9.63. The molecule has 1 aliphatic rings. The summed E-state index contributed by atoms with van der Waals surface area (Å²) in [7, 11) is 1.51. The summed E-state index contributed by atoms with van der Waals surface area (Å²) >= 11 is 2.17. The van der Waals surface area contributed by atoms with Crippen LogP contribution in [0.3, 0.4) is 0 Å². The number of halogens is 1. The summed E-state index contributed by atoms with van der Waals surface area (Å²) in [5.74, 6) is 0.0164. The quantitative estimate of drug-likeness (QED) is 0.732. The van der Waals surface area contributed by atoms with E-state index < -0.39 is 0 Å². The van der Waals surface area contributed by atoms with E-state index in [-0.39, 0.29) is 18.4 Å². The van der Waals surface area contributed by atoms with Crippen molar-refractivity contribution in [1.82, 2.24) is 9.80 Å². The van der Waals surface area contributed by atoms with Gasteiger partial charge in [-0.25, -0.2) is 0 Å². The van der Waals surface area contributed by atoms with Crippen molar-refractivity contribution in [2.45, 2.75) is 0 Å². The lowest BCUT2D eigenvalue weighted by Crippen LogP contribution is -2.51. The van der Waals surface area contributed by atoms with Crippen LogP contribution >= 0.6 is 22.6 Å². The lowest BCUT2D eigenvalue weighted by atomic mass is 10.2. The van der Waals surface area contributed by atoms with Gasteiger partial charge >= 0.3 is 0 Å². The van der Waals surface area contributed by atoms with E-state index in [0.29, 0.717) is 26.2 Å². The molecule has 108 valence electrons. The van der Waals surface area contributed by atoms with Crippen molar-refractivity contribution in [3.8, 4) is 0 Å². The average Bonchev–Trinajstić information content (AvgIpc) is 2.47. The van der Waals surface area contributed by atoms with Crippen LogP contribution in [-0.2, 0) is 9.53 Å². The van der Waals surface area contributed by atoms with Gasteiger partial charge in [-0.3, -0.25) is 9.59 Å². The SMILES string of the molecule is COCC(=O)N1CCN(C(=O)c2ccccc2I)CC1. The number of rotatable bonds is 3. The summed E-state index contributed by atoms with van der Waals surface area (Å²) < 4.78 is 5.80. The van der Waals surface area contributed by atoms with Crippen molar-refractivity contribution in [3.63, 3.8) is 0 Å². The molecule has 0 atom stereocenters. The third-order valence-electron chi connectivity index (χ3n) is 3.29. The van der Waals surface area contributed by atoms with Gasteiger partial charge in [0.05, 0.1) is 5.56 Å². The van der Waals surface area contributed by atoms with Crippen molar-refractivity contribution >= 4 is 34.4 Å². The lowest BCUT2D eigenvalue weighted by Gasteiger charge is -2.34. The second-order valence-electron chi connectivity index (χ2n) is 4.59. The largest absolute Gasteiger partial charge is 0.375 e. The summed E-state index contributed by atoms with van der Waals surface area (Å²) in [5, 5.41) is 0. The third kappa shape index (κ3) is 3.49. The van der Waals surface area contributed by atoms with E-state index in [4.69, 9.17) is 4.74 Å². The van der Waals surface area contributed by atoms with Crippen LogP contribution in [0.5, 0.6) is 0 Å². The maximum absolute atomic E-state index is 12.4. The van der Waals surface area contributed by atoms with Gasteiger partial charge in [-0.15, -0.1) is 0 Å². The van der Waals surface area contributed by atoms with E-state index in [1.165, 1.54) is 7.11 Å². The molecule has 2 rings (SSSR count). The highest BCUT2D eigenvalue weighted by atomic mass is 127. The van der Waals surface area contributed by atoms with Gasteiger partial charge in [0.2, 0.25) is 5.91 Å². The van der Waals surface area contributed by atoms with Gasteiger partial charge in [0.1, 0.15) is 6.61 Å². The monoisotopic (exact) mass is 388 g/mol. The van der Waals surface area contributed by atoms with Crippen molar-refractivity contribution < 1.29 is 14.3 Å². The summed E-state index contributed by atoms with van der Waals surface area (Å²) in [6, 6.07) is 7.55. The van der Waals surface area contributed by atoms with E-state index >= 15 is 0 Å². The number of hydrogen-bond acceptors (Lipinski definition) is 3. The molecule has 1 saturated heterocycles. The van der Waals surface area contributed by atoms with Crippen molar-refractivity contribution in [2.75, 3.05) is 39.9 Å². The van der Waals surface area contributed by atoms with Crippen LogP contribution < -0.4 is 0 Å². The topological polar surface area (TPSA) is 49.9 Å². The molecule has 0 unspecified atom stereocenters. The number of carbonyl (C=O) groups excluding carboxylic acids is 2. The van der Waals surface area contributed by atoms with Crippen LogP contribution in [0.1, 0.15) is 10.4 Å². The zero-order valence-electron chi connectivity index (χ0n) is 11.3. The Hall–Kier alpha value is -1.15. The molecular weight excluding hydrogens is 371 g/mol. The number of methoxy groups -OCH3 is 1. The van der Waals surface area contributed by atoms with Crippen LogP contribution in [0.15, 0.2) is 24.3 Å². The van der Waals surface area contributed by atoms with Gasteiger partial charge < -0.3 is 14.5 Å². The predicted molar refractivity (Wildman–Crippen MR) is 83.5 cm³/mol. The molecular formula is C14H17IN2O3. The molecule has 5 nitrogen and oxygen atoms in total. The highest BCUT2D eigenvalue weighted by molar-refractivity contribution is 14.1. The molecule has 0 N–H and O–H groups in total. The maximum atomic E-state index is 12.4. The molecule has 0 saturated carbocycles. The summed E-state index contributed by atoms with van der Waals surface area (Å²) in [4.78, 5) is 27.6. The summed E-state index contributed by atoms with van der Waals surface area (Å²) in [6.45, 7) is 2.37. The average molecular weight is 388 g/mol. The molecule has 0 aliphatic carbocycles. The molecule has 0 bridgehead atoms. The van der Waals surface area contributed by atoms with Crippen LogP contribution in [0.25, 0.3) is 0 Å². The fourth-order valence-corrected chi connectivity index (χ4v) is 2.80. The zero-order chi connectivity index (χ0) is 14.5. The Morgan fingerprint density at radius 2 is 1.75 bits per heavy atom. The molecule has 2 amide bonds.